The number of nitrogens with one attached hydrogen (secondary N) is 1. The fourth-order valence-corrected chi connectivity index (χ4v) is 4.67. The molecule has 0 saturated carbocycles. The van der Waals surface area contributed by atoms with Gasteiger partial charge in [-0.05, 0) is 37.3 Å². The molecule has 0 atom stereocenters. The lowest BCUT2D eigenvalue weighted by atomic mass is 10.1. The molecular weight excluding hydrogens is 448 g/mol. The van der Waals surface area contributed by atoms with E-state index in [4.69, 9.17) is 9.47 Å². The summed E-state index contributed by atoms with van der Waals surface area (Å²) in [4.78, 5) is 36.3. The van der Waals surface area contributed by atoms with Crippen LogP contribution in [0.5, 0.6) is 0 Å². The summed E-state index contributed by atoms with van der Waals surface area (Å²) in [6, 6.07) is 10.8. The quantitative estimate of drug-likeness (QED) is 0.434. The normalized spacial score (nSPS) is 11.8. The van der Waals surface area contributed by atoms with Crippen LogP contribution in [0.4, 0.5) is 0 Å². The molecule has 0 saturated heterocycles. The minimum atomic E-state index is -4.06. The van der Waals surface area contributed by atoms with Gasteiger partial charge in [-0.1, -0.05) is 23.8 Å². The number of hydrogen-bond donors (Lipinski definition) is 1. The maximum absolute atomic E-state index is 13.4. The Kier molecular flexibility index (Phi) is 6.68. The van der Waals surface area contributed by atoms with E-state index in [-0.39, 0.29) is 32.6 Å². The smallest absolute Gasteiger partial charge is 0.354 e. The van der Waals surface area contributed by atoms with Crippen LogP contribution >= 0.6 is 0 Å². The maximum Gasteiger partial charge on any atom is 0.354 e. The van der Waals surface area contributed by atoms with Crippen molar-refractivity contribution in [1.29, 1.82) is 0 Å². The molecule has 0 aliphatic carbocycles. The van der Waals surface area contributed by atoms with Gasteiger partial charge in [-0.2, -0.15) is 0 Å². The van der Waals surface area contributed by atoms with Crippen LogP contribution in [0.3, 0.4) is 0 Å². The number of benzene rings is 2. The van der Waals surface area contributed by atoms with Crippen molar-refractivity contribution in [3.63, 3.8) is 0 Å². The van der Waals surface area contributed by atoms with E-state index in [0.29, 0.717) is 0 Å². The second-order valence-corrected chi connectivity index (χ2v) is 8.94. The van der Waals surface area contributed by atoms with Gasteiger partial charge in [0.05, 0.1) is 30.2 Å². The van der Waals surface area contributed by atoms with E-state index in [1.165, 1.54) is 56.6 Å². The maximum atomic E-state index is 13.4. The summed E-state index contributed by atoms with van der Waals surface area (Å²) in [5, 5.41) is 2.59. The Balaban J connectivity index is 2.37. The molecule has 0 radical (unpaired) electrons. The first kappa shape index (κ1) is 23.7. The molecule has 0 unspecified atom stereocenters. The molecule has 33 heavy (non-hydrogen) atoms. The number of aromatic nitrogens is 1. The van der Waals surface area contributed by atoms with Gasteiger partial charge in [0.2, 0.25) is 5.91 Å². The van der Waals surface area contributed by atoms with Gasteiger partial charge in [0.25, 0.3) is 10.0 Å². The standard InChI is InChI=1S/C23H22N2O7S/c1-14-8-10-17(11-9-14)33(29,30)25-13-16(12-19(23(28)32-4)24-15(2)26)21-18(22(27)31-3)6-5-7-20(21)25/h5-13H,1-4H3,(H,24,26)/b19-12-. The zero-order chi connectivity index (χ0) is 24.3. The monoisotopic (exact) mass is 470 g/mol. The van der Waals surface area contributed by atoms with Crippen LogP contribution in [-0.2, 0) is 29.1 Å². The second kappa shape index (κ2) is 9.29. The van der Waals surface area contributed by atoms with E-state index in [1.54, 1.807) is 12.1 Å². The summed E-state index contributed by atoms with van der Waals surface area (Å²) in [6.07, 6.45) is 2.53. The highest BCUT2D eigenvalue weighted by atomic mass is 32.2. The minimum Gasteiger partial charge on any atom is -0.465 e. The van der Waals surface area contributed by atoms with Crippen molar-refractivity contribution in [2.45, 2.75) is 18.7 Å². The minimum absolute atomic E-state index is 0.0408. The number of hydrogen-bond acceptors (Lipinski definition) is 7. The SMILES string of the molecule is COC(=O)/C(=C/c1cn(S(=O)(=O)c2ccc(C)cc2)c2cccc(C(=O)OC)c12)NC(C)=O. The number of aryl methyl sites for hydroxylation is 1. The predicted octanol–water partition coefficient (Wildman–Crippen LogP) is 2.62. The first-order valence-corrected chi connectivity index (χ1v) is 11.2. The molecule has 9 nitrogen and oxygen atoms in total. The molecule has 0 spiro atoms. The average Bonchev–Trinajstić information content (AvgIpc) is 3.17. The third-order valence-electron chi connectivity index (χ3n) is 4.82. The number of fused-ring (bicyclic) bond motifs is 1. The van der Waals surface area contributed by atoms with Crippen LogP contribution in [0.2, 0.25) is 0 Å². The van der Waals surface area contributed by atoms with E-state index in [1.807, 2.05) is 6.92 Å². The highest BCUT2D eigenvalue weighted by molar-refractivity contribution is 7.90. The van der Waals surface area contributed by atoms with E-state index in [0.717, 1.165) is 16.6 Å². The van der Waals surface area contributed by atoms with Gasteiger partial charge in [-0.25, -0.2) is 22.0 Å². The number of methoxy groups -OCH3 is 2. The Morgan fingerprint density at radius 2 is 1.67 bits per heavy atom. The Labute approximate surface area is 190 Å². The van der Waals surface area contributed by atoms with Crippen molar-refractivity contribution in [2.24, 2.45) is 0 Å². The molecule has 0 aliphatic rings. The lowest BCUT2D eigenvalue weighted by molar-refractivity contribution is -0.137. The van der Waals surface area contributed by atoms with Crippen LogP contribution in [0.15, 0.2) is 59.3 Å². The fourth-order valence-electron chi connectivity index (χ4n) is 3.30. The predicted molar refractivity (Wildman–Crippen MR) is 121 cm³/mol. The summed E-state index contributed by atoms with van der Waals surface area (Å²) < 4.78 is 37.5. The third-order valence-corrected chi connectivity index (χ3v) is 6.51. The number of nitrogens with zero attached hydrogens (tertiary/aromatic N) is 1. The summed E-state index contributed by atoms with van der Waals surface area (Å²) in [7, 11) is -1.72. The topological polar surface area (TPSA) is 121 Å². The molecule has 0 fully saturated rings. The molecule has 0 bridgehead atoms. The van der Waals surface area contributed by atoms with Crippen molar-refractivity contribution >= 4 is 44.8 Å². The van der Waals surface area contributed by atoms with Crippen molar-refractivity contribution in [2.75, 3.05) is 14.2 Å². The van der Waals surface area contributed by atoms with E-state index >= 15 is 0 Å². The number of rotatable bonds is 6. The van der Waals surface area contributed by atoms with Gasteiger partial charge in [0, 0.05) is 24.1 Å². The van der Waals surface area contributed by atoms with Gasteiger partial charge in [0.15, 0.2) is 0 Å². The van der Waals surface area contributed by atoms with Gasteiger partial charge in [0.1, 0.15) is 5.70 Å². The van der Waals surface area contributed by atoms with E-state index in [9.17, 15) is 22.8 Å². The van der Waals surface area contributed by atoms with Crippen LogP contribution in [-0.4, -0.2) is 44.5 Å². The van der Waals surface area contributed by atoms with Gasteiger partial charge in [-0.15, -0.1) is 0 Å². The number of carbonyl (C=O) groups is 3. The zero-order valence-corrected chi connectivity index (χ0v) is 19.2. The molecule has 1 heterocycles. The molecule has 1 aromatic heterocycles. The van der Waals surface area contributed by atoms with Crippen LogP contribution < -0.4 is 5.32 Å². The summed E-state index contributed by atoms with van der Waals surface area (Å²) in [5.74, 6) is -2.07. The molecular formula is C23H22N2O7S. The van der Waals surface area contributed by atoms with Crippen LogP contribution in [0.25, 0.3) is 17.0 Å². The van der Waals surface area contributed by atoms with Gasteiger partial charge < -0.3 is 14.8 Å². The zero-order valence-electron chi connectivity index (χ0n) is 18.4. The van der Waals surface area contributed by atoms with E-state index in [2.05, 4.69) is 5.32 Å². The van der Waals surface area contributed by atoms with Crippen LogP contribution in [0.1, 0.15) is 28.4 Å². The molecule has 1 N–H and O–H groups in total. The lowest BCUT2D eigenvalue weighted by Gasteiger charge is -2.08. The molecule has 3 rings (SSSR count). The summed E-state index contributed by atoms with van der Waals surface area (Å²) in [5.41, 5.74) is 1.14. The lowest BCUT2D eigenvalue weighted by Crippen LogP contribution is -2.25. The highest BCUT2D eigenvalue weighted by Gasteiger charge is 2.25. The number of ether oxygens (including phenoxy) is 2. The Morgan fingerprint density at radius 1 is 1.00 bits per heavy atom. The fraction of sp³-hybridized carbons (Fsp3) is 0.174. The largest absolute Gasteiger partial charge is 0.465 e. The van der Waals surface area contributed by atoms with Crippen LogP contribution in [0, 0.1) is 6.92 Å². The molecule has 0 aliphatic heterocycles. The molecule has 172 valence electrons. The number of amides is 1. The number of esters is 2. The van der Waals surface area contributed by atoms with Crippen molar-refractivity contribution in [3.05, 3.63) is 71.0 Å². The van der Waals surface area contributed by atoms with Crippen molar-refractivity contribution < 1.29 is 32.3 Å². The van der Waals surface area contributed by atoms with E-state index < -0.39 is 27.9 Å². The third kappa shape index (κ3) is 4.65. The first-order valence-electron chi connectivity index (χ1n) is 9.72. The van der Waals surface area contributed by atoms with Gasteiger partial charge >= 0.3 is 11.9 Å². The first-order chi connectivity index (χ1) is 15.6. The molecule has 10 heteroatoms. The number of carbonyl (C=O) groups excluding carboxylic acids is 3. The Morgan fingerprint density at radius 3 is 2.24 bits per heavy atom. The molecule has 2 aromatic carbocycles. The molecule has 3 aromatic rings. The summed E-state index contributed by atoms with van der Waals surface area (Å²) >= 11 is 0. The average molecular weight is 471 g/mol. The Hall–Kier alpha value is -3.92. The molecule has 1 amide bonds. The summed E-state index contributed by atoms with van der Waals surface area (Å²) in [6.45, 7) is 3.05. The van der Waals surface area contributed by atoms with Crippen molar-refractivity contribution in [3.8, 4) is 0 Å². The van der Waals surface area contributed by atoms with Crippen molar-refractivity contribution in [1.82, 2.24) is 9.29 Å². The Bertz CT molecular complexity index is 1380. The highest BCUT2D eigenvalue weighted by Crippen LogP contribution is 2.31. The van der Waals surface area contributed by atoms with Gasteiger partial charge in [-0.3, -0.25) is 4.79 Å². The second-order valence-electron chi connectivity index (χ2n) is 7.12.